The van der Waals surface area contributed by atoms with E-state index in [1.165, 1.54) is 58.4 Å². The number of thiophene rings is 1. The third kappa shape index (κ3) is 7.51. The number of allylic oxidation sites excluding steroid dienone is 3. The number of benzene rings is 6. The zero-order chi connectivity index (χ0) is 38.7. The predicted molar refractivity (Wildman–Crippen MR) is 248 cm³/mol. The summed E-state index contributed by atoms with van der Waals surface area (Å²) < 4.78 is 2.54. The van der Waals surface area contributed by atoms with Gasteiger partial charge in [-0.2, -0.15) is 0 Å². The molecule has 2 nitrogen and oxygen atoms in total. The van der Waals surface area contributed by atoms with E-state index in [-0.39, 0.29) is 6.04 Å². The first-order chi connectivity index (χ1) is 28.0. The second kappa shape index (κ2) is 16.1. The van der Waals surface area contributed by atoms with Crippen LogP contribution in [0.5, 0.6) is 0 Å². The number of fused-ring (bicyclic) bond motifs is 4. The monoisotopic (exact) mass is 754 g/mol. The second-order valence-corrected chi connectivity index (χ2v) is 16.3. The van der Waals surface area contributed by atoms with Gasteiger partial charge >= 0.3 is 0 Å². The molecule has 0 aliphatic heterocycles. The van der Waals surface area contributed by atoms with Gasteiger partial charge in [0.25, 0.3) is 0 Å². The average molecular weight is 755 g/mol. The van der Waals surface area contributed by atoms with Crippen LogP contribution in [-0.4, -0.2) is 11.8 Å². The van der Waals surface area contributed by atoms with E-state index in [0.717, 1.165) is 54.0 Å². The summed E-state index contributed by atoms with van der Waals surface area (Å²) in [6.07, 6.45) is 15.4. The van der Waals surface area contributed by atoms with Gasteiger partial charge in [0.05, 0.1) is 6.04 Å². The molecule has 0 amide bonds. The van der Waals surface area contributed by atoms with Crippen molar-refractivity contribution in [1.82, 2.24) is 0 Å². The molecule has 0 N–H and O–H groups in total. The van der Waals surface area contributed by atoms with Gasteiger partial charge in [0, 0.05) is 54.4 Å². The van der Waals surface area contributed by atoms with Crippen molar-refractivity contribution in [2.45, 2.75) is 38.6 Å². The van der Waals surface area contributed by atoms with E-state index in [9.17, 15) is 0 Å². The summed E-state index contributed by atoms with van der Waals surface area (Å²) in [6.45, 7) is 11.4. The van der Waals surface area contributed by atoms with Gasteiger partial charge in [0.1, 0.15) is 0 Å². The summed E-state index contributed by atoms with van der Waals surface area (Å²) in [5.41, 5.74) is 11.5. The molecular formula is C54H46N2S. The van der Waals surface area contributed by atoms with Gasteiger partial charge in [0.15, 0.2) is 0 Å². The SMILES string of the molecule is C=C(CC(=C)C(/N=C(\C)c1cccc2sc3cc(-c4cccc(N(c5ccccc5)c5ccccc5)c4)ccc3c12)C1=CCCC=C1)C1C=c2ccccc2=CC1. The minimum absolute atomic E-state index is 0.136. The van der Waals surface area contributed by atoms with Crippen molar-refractivity contribution in [3.05, 3.63) is 210 Å². The minimum Gasteiger partial charge on any atom is -0.310 e. The molecule has 0 radical (unpaired) electrons. The predicted octanol–water partition coefficient (Wildman–Crippen LogP) is 13.4. The van der Waals surface area contributed by atoms with Crippen LogP contribution in [0.25, 0.3) is 43.5 Å². The molecule has 2 aliphatic rings. The highest BCUT2D eigenvalue weighted by atomic mass is 32.1. The van der Waals surface area contributed by atoms with Crippen molar-refractivity contribution < 1.29 is 0 Å². The van der Waals surface area contributed by atoms with Crippen LogP contribution in [0.15, 0.2) is 199 Å². The zero-order valence-corrected chi connectivity index (χ0v) is 33.3. The molecule has 2 aliphatic carbocycles. The highest BCUT2D eigenvalue weighted by Gasteiger charge is 2.22. The maximum absolute atomic E-state index is 5.52. The van der Waals surface area contributed by atoms with Crippen molar-refractivity contribution in [2.24, 2.45) is 10.9 Å². The first kappa shape index (κ1) is 36.4. The molecule has 2 atom stereocenters. The fraction of sp³-hybridized carbons (Fsp3) is 0.130. The largest absolute Gasteiger partial charge is 0.310 e. The molecule has 1 heterocycles. The van der Waals surface area contributed by atoms with Crippen LogP contribution in [0.2, 0.25) is 0 Å². The summed E-state index contributed by atoms with van der Waals surface area (Å²) in [5, 5.41) is 5.13. The minimum atomic E-state index is -0.136. The maximum atomic E-state index is 5.52. The topological polar surface area (TPSA) is 15.6 Å². The Morgan fingerprint density at radius 1 is 0.702 bits per heavy atom. The smallest absolute Gasteiger partial charge is 0.0960 e. The molecule has 2 unspecified atom stereocenters. The third-order valence-corrected chi connectivity index (χ3v) is 12.5. The molecular weight excluding hydrogens is 709 g/mol. The van der Waals surface area contributed by atoms with Gasteiger partial charge in [-0.3, -0.25) is 4.99 Å². The molecule has 57 heavy (non-hydrogen) atoms. The van der Waals surface area contributed by atoms with Crippen molar-refractivity contribution in [3.8, 4) is 11.1 Å². The number of anilines is 3. The highest BCUT2D eigenvalue weighted by Crippen LogP contribution is 2.41. The molecule has 0 bridgehead atoms. The van der Waals surface area contributed by atoms with Gasteiger partial charge in [-0.25, -0.2) is 0 Å². The molecule has 278 valence electrons. The van der Waals surface area contributed by atoms with E-state index in [1.54, 1.807) is 0 Å². The Hall–Kier alpha value is -6.29. The number of para-hydroxylation sites is 2. The quantitative estimate of drug-likeness (QED) is 0.0948. The average Bonchev–Trinajstić information content (AvgIpc) is 3.65. The number of hydrogen-bond acceptors (Lipinski definition) is 3. The molecule has 1 aromatic heterocycles. The van der Waals surface area contributed by atoms with E-state index in [4.69, 9.17) is 4.99 Å². The summed E-state index contributed by atoms with van der Waals surface area (Å²) in [5.74, 6) is 0.295. The number of hydrogen-bond donors (Lipinski definition) is 0. The normalized spacial score (nSPS) is 15.6. The van der Waals surface area contributed by atoms with Crippen molar-refractivity contribution in [3.63, 3.8) is 0 Å². The van der Waals surface area contributed by atoms with Gasteiger partial charge in [-0.05, 0) is 114 Å². The van der Waals surface area contributed by atoms with Crippen LogP contribution in [0.3, 0.4) is 0 Å². The number of aliphatic imine (C=N–C) groups is 1. The van der Waals surface area contributed by atoms with Crippen LogP contribution < -0.4 is 15.3 Å². The van der Waals surface area contributed by atoms with E-state index >= 15 is 0 Å². The molecule has 0 spiro atoms. The van der Waals surface area contributed by atoms with Crippen molar-refractivity contribution in [1.29, 1.82) is 0 Å². The van der Waals surface area contributed by atoms with Crippen LogP contribution >= 0.6 is 11.3 Å². The lowest BCUT2D eigenvalue weighted by molar-refractivity contribution is 0.766. The van der Waals surface area contributed by atoms with E-state index in [0.29, 0.717) is 5.92 Å². The molecule has 0 saturated carbocycles. The van der Waals surface area contributed by atoms with E-state index < -0.39 is 0 Å². The molecule has 6 aromatic carbocycles. The summed E-state index contributed by atoms with van der Waals surface area (Å²) in [6, 6.07) is 52.1. The van der Waals surface area contributed by atoms with E-state index in [2.05, 4.69) is 201 Å². The van der Waals surface area contributed by atoms with Crippen LogP contribution in [0, 0.1) is 5.92 Å². The summed E-state index contributed by atoms with van der Waals surface area (Å²) >= 11 is 1.86. The Bertz CT molecular complexity index is 2820. The number of nitrogens with zero attached hydrogens (tertiary/aromatic N) is 2. The molecule has 3 heteroatoms. The lowest BCUT2D eigenvalue weighted by Gasteiger charge is -2.25. The van der Waals surface area contributed by atoms with Crippen LogP contribution in [0.4, 0.5) is 17.1 Å². The van der Waals surface area contributed by atoms with Crippen LogP contribution in [0.1, 0.15) is 38.2 Å². The first-order valence-electron chi connectivity index (χ1n) is 20.0. The Labute approximate surface area is 340 Å². The first-order valence-corrected chi connectivity index (χ1v) is 20.8. The Kier molecular flexibility index (Phi) is 10.2. The fourth-order valence-electron chi connectivity index (χ4n) is 8.43. The molecule has 0 fully saturated rings. The third-order valence-electron chi connectivity index (χ3n) is 11.3. The standard InChI is InChI=1S/C54H46N2S/c1-37(42-30-29-40-17-13-14-20-43(40)34-42)33-38(2)54(41-18-7-4-8-19-41)55-39(3)49-27-16-28-51-53(49)50-32-31-45(36-52(50)57-51)44-21-15-26-48(35-44)56(46-22-9-5-10-23-46)47-24-11-6-12-25-47/h5-7,9-29,31-32,34-36,42,54H,1-2,4,8,30,33H2,3H3/b55-39+. The Morgan fingerprint density at radius 3 is 2.16 bits per heavy atom. The van der Waals surface area contributed by atoms with E-state index in [1.807, 2.05) is 11.3 Å². The summed E-state index contributed by atoms with van der Waals surface area (Å²) in [7, 11) is 0. The van der Waals surface area contributed by atoms with Crippen molar-refractivity contribution >= 4 is 66.4 Å². The van der Waals surface area contributed by atoms with Gasteiger partial charge in [-0.15, -0.1) is 11.3 Å². The van der Waals surface area contributed by atoms with Gasteiger partial charge < -0.3 is 4.90 Å². The zero-order valence-electron chi connectivity index (χ0n) is 32.4. The second-order valence-electron chi connectivity index (χ2n) is 15.2. The summed E-state index contributed by atoms with van der Waals surface area (Å²) in [4.78, 5) is 7.84. The lowest BCUT2D eigenvalue weighted by atomic mass is 9.85. The number of rotatable bonds is 11. The molecule has 9 rings (SSSR count). The van der Waals surface area contributed by atoms with Gasteiger partial charge in [-0.1, -0.05) is 146 Å². The Morgan fingerprint density at radius 2 is 1.40 bits per heavy atom. The van der Waals surface area contributed by atoms with Gasteiger partial charge in [0.2, 0.25) is 0 Å². The lowest BCUT2D eigenvalue weighted by Crippen LogP contribution is -2.29. The van der Waals surface area contributed by atoms with Crippen molar-refractivity contribution in [2.75, 3.05) is 4.90 Å². The highest BCUT2D eigenvalue weighted by molar-refractivity contribution is 7.25. The fourth-order valence-corrected chi connectivity index (χ4v) is 9.60. The Balaban J connectivity index is 1.04. The maximum Gasteiger partial charge on any atom is 0.0960 e. The van der Waals surface area contributed by atoms with Crippen LogP contribution in [-0.2, 0) is 0 Å². The molecule has 0 saturated heterocycles. The molecule has 7 aromatic rings.